The molecule has 2 unspecified atom stereocenters. The molecule has 0 amide bonds. The third-order valence-corrected chi connectivity index (χ3v) is 3.67. The smallest absolute Gasteiger partial charge is 0.231 e. The monoisotopic (exact) mass is 264 g/mol. The Morgan fingerprint density at radius 3 is 1.84 bits per heavy atom. The molecule has 1 aromatic carbocycles. The van der Waals surface area contributed by atoms with Crippen molar-refractivity contribution in [2.75, 3.05) is 20.0 Å². The lowest BCUT2D eigenvalue weighted by Crippen LogP contribution is -2.40. The summed E-state index contributed by atoms with van der Waals surface area (Å²) in [4.78, 5) is 0. The molecule has 2 fully saturated rings. The van der Waals surface area contributed by atoms with E-state index < -0.39 is 0 Å². The van der Waals surface area contributed by atoms with Gasteiger partial charge in [-0.2, -0.15) is 0 Å². The van der Waals surface area contributed by atoms with Crippen LogP contribution in [0, 0.1) is 0 Å². The van der Waals surface area contributed by atoms with E-state index in [0.717, 1.165) is 24.7 Å². The van der Waals surface area contributed by atoms with Crippen LogP contribution in [0.15, 0.2) is 24.3 Å². The van der Waals surface area contributed by atoms with Gasteiger partial charge in [-0.3, -0.25) is 0 Å². The molecule has 0 spiro atoms. The van der Waals surface area contributed by atoms with Crippen molar-refractivity contribution in [2.24, 2.45) is 0 Å². The van der Waals surface area contributed by atoms with E-state index in [1.54, 1.807) is 0 Å². The summed E-state index contributed by atoms with van der Waals surface area (Å²) in [6, 6.07) is 7.63. The van der Waals surface area contributed by atoms with E-state index in [1.165, 1.54) is 25.7 Å². The van der Waals surface area contributed by atoms with Crippen LogP contribution in [-0.4, -0.2) is 32.2 Å². The summed E-state index contributed by atoms with van der Waals surface area (Å²) in [7, 11) is 0. The summed E-state index contributed by atoms with van der Waals surface area (Å²) >= 11 is 0. The van der Waals surface area contributed by atoms with E-state index in [9.17, 15) is 0 Å². The molecule has 0 N–H and O–H groups in total. The molecule has 19 heavy (non-hydrogen) atoms. The Morgan fingerprint density at radius 1 is 0.789 bits per heavy atom. The second-order valence-corrected chi connectivity index (χ2v) is 4.96. The van der Waals surface area contributed by atoms with E-state index in [2.05, 4.69) is 0 Å². The molecule has 4 heteroatoms. The van der Waals surface area contributed by atoms with E-state index >= 15 is 0 Å². The first kappa shape index (κ1) is 12.8. The van der Waals surface area contributed by atoms with E-state index in [-0.39, 0.29) is 0 Å². The van der Waals surface area contributed by atoms with Gasteiger partial charge in [-0.05, 0) is 25.0 Å². The normalized spacial score (nSPS) is 28.0. The van der Waals surface area contributed by atoms with Gasteiger partial charge in [0.1, 0.15) is 0 Å². The van der Waals surface area contributed by atoms with Crippen LogP contribution in [0.3, 0.4) is 0 Å². The second kappa shape index (κ2) is 6.26. The zero-order valence-electron chi connectivity index (χ0n) is 11.0. The van der Waals surface area contributed by atoms with Crippen molar-refractivity contribution >= 4 is 0 Å². The highest BCUT2D eigenvalue weighted by Gasteiger charge is 2.28. The van der Waals surface area contributed by atoms with Crippen molar-refractivity contribution in [1.82, 2.24) is 0 Å². The standard InChI is InChI=1S/C8H14O2.C7H6O2/c1-2-4-8-7(3-1)9-5-6-10-8;1-2-4-7-6(3-1)8-5-9-7/h7-8H,1-6H2;1-4H,5H2. The predicted molar refractivity (Wildman–Crippen MR) is 70.5 cm³/mol. The fourth-order valence-corrected chi connectivity index (χ4v) is 2.69. The fraction of sp³-hybridized carbons (Fsp3) is 0.600. The van der Waals surface area contributed by atoms with E-state index in [1.807, 2.05) is 24.3 Å². The van der Waals surface area contributed by atoms with Crippen molar-refractivity contribution < 1.29 is 18.9 Å². The Morgan fingerprint density at radius 2 is 1.32 bits per heavy atom. The molecule has 2 atom stereocenters. The predicted octanol–water partition coefficient (Wildman–Crippen LogP) is 2.76. The van der Waals surface area contributed by atoms with Crippen LogP contribution in [0.1, 0.15) is 25.7 Å². The molecule has 0 radical (unpaired) electrons. The first-order valence-corrected chi connectivity index (χ1v) is 7.01. The van der Waals surface area contributed by atoms with Gasteiger partial charge in [0, 0.05) is 0 Å². The Labute approximate surface area is 113 Å². The van der Waals surface area contributed by atoms with E-state index in [4.69, 9.17) is 18.9 Å². The zero-order valence-corrected chi connectivity index (χ0v) is 11.0. The molecule has 1 aromatic rings. The number of fused-ring (bicyclic) bond motifs is 2. The lowest BCUT2D eigenvalue weighted by atomic mass is 9.94. The maximum atomic E-state index is 5.56. The van der Waals surface area contributed by atoms with Gasteiger partial charge >= 0.3 is 0 Å². The van der Waals surface area contributed by atoms with E-state index in [0.29, 0.717) is 19.0 Å². The summed E-state index contributed by atoms with van der Waals surface area (Å²) in [5.74, 6) is 1.69. The van der Waals surface area contributed by atoms with Crippen LogP contribution in [0.5, 0.6) is 11.5 Å². The zero-order chi connectivity index (χ0) is 12.9. The summed E-state index contributed by atoms with van der Waals surface area (Å²) in [6.07, 6.45) is 5.94. The number of benzene rings is 1. The number of para-hydroxylation sites is 2. The molecule has 1 aliphatic carbocycles. The Kier molecular flexibility index (Phi) is 4.20. The molecule has 4 nitrogen and oxygen atoms in total. The summed E-state index contributed by atoms with van der Waals surface area (Å²) in [5.41, 5.74) is 0. The average Bonchev–Trinajstić information content (AvgIpc) is 2.96. The van der Waals surface area contributed by atoms with Crippen molar-refractivity contribution in [2.45, 2.75) is 37.9 Å². The van der Waals surface area contributed by atoms with Gasteiger partial charge in [0.25, 0.3) is 0 Å². The first-order chi connectivity index (χ1) is 9.43. The molecular weight excluding hydrogens is 244 g/mol. The SMILES string of the molecule is C1CCC2OCCOC2C1.c1ccc2c(c1)OCO2. The van der Waals surface area contributed by atoms with Gasteiger partial charge in [-0.1, -0.05) is 25.0 Å². The van der Waals surface area contributed by atoms with Gasteiger partial charge in [-0.15, -0.1) is 0 Å². The van der Waals surface area contributed by atoms with Crippen molar-refractivity contribution in [3.63, 3.8) is 0 Å². The summed E-state index contributed by atoms with van der Waals surface area (Å²) < 4.78 is 21.3. The maximum Gasteiger partial charge on any atom is 0.231 e. The lowest BCUT2D eigenvalue weighted by Gasteiger charge is -2.35. The van der Waals surface area contributed by atoms with Gasteiger partial charge in [0.2, 0.25) is 6.79 Å². The molecule has 1 saturated heterocycles. The highest BCUT2D eigenvalue weighted by Crippen LogP contribution is 2.30. The number of hydrogen-bond acceptors (Lipinski definition) is 4. The van der Waals surface area contributed by atoms with Gasteiger partial charge in [-0.25, -0.2) is 0 Å². The minimum Gasteiger partial charge on any atom is -0.454 e. The van der Waals surface area contributed by atoms with Gasteiger partial charge < -0.3 is 18.9 Å². The minimum absolute atomic E-state index is 0.360. The highest BCUT2D eigenvalue weighted by molar-refractivity contribution is 5.40. The van der Waals surface area contributed by atoms with Crippen molar-refractivity contribution in [1.29, 1.82) is 0 Å². The molecule has 1 saturated carbocycles. The highest BCUT2D eigenvalue weighted by atomic mass is 16.7. The Balaban J connectivity index is 0.000000117. The number of ether oxygens (including phenoxy) is 4. The van der Waals surface area contributed by atoms with Crippen LogP contribution in [0.4, 0.5) is 0 Å². The van der Waals surface area contributed by atoms with Crippen LogP contribution in [0.25, 0.3) is 0 Å². The third-order valence-electron chi connectivity index (χ3n) is 3.67. The quantitative estimate of drug-likeness (QED) is 0.722. The molecule has 2 heterocycles. The van der Waals surface area contributed by atoms with Crippen LogP contribution >= 0.6 is 0 Å². The van der Waals surface area contributed by atoms with Crippen LogP contribution < -0.4 is 9.47 Å². The molecule has 2 aliphatic heterocycles. The number of rotatable bonds is 0. The minimum atomic E-state index is 0.360. The Bertz CT molecular complexity index is 358. The summed E-state index contributed by atoms with van der Waals surface area (Å²) in [5, 5.41) is 0. The second-order valence-electron chi connectivity index (χ2n) is 4.96. The molecule has 0 bridgehead atoms. The molecule has 4 rings (SSSR count). The maximum absolute atomic E-state index is 5.56. The van der Waals surface area contributed by atoms with Crippen LogP contribution in [0.2, 0.25) is 0 Å². The fourth-order valence-electron chi connectivity index (χ4n) is 2.69. The topological polar surface area (TPSA) is 36.9 Å². The molecular formula is C15H20O4. The summed E-state index contributed by atoms with van der Waals surface area (Å²) in [6.45, 7) is 1.97. The van der Waals surface area contributed by atoms with Crippen molar-refractivity contribution in [3.05, 3.63) is 24.3 Å². The average molecular weight is 264 g/mol. The van der Waals surface area contributed by atoms with Crippen LogP contribution in [-0.2, 0) is 9.47 Å². The number of hydrogen-bond donors (Lipinski definition) is 0. The first-order valence-electron chi connectivity index (χ1n) is 7.01. The lowest BCUT2D eigenvalue weighted by molar-refractivity contribution is -0.153. The van der Waals surface area contributed by atoms with Crippen molar-refractivity contribution in [3.8, 4) is 11.5 Å². The van der Waals surface area contributed by atoms with Gasteiger partial charge in [0.05, 0.1) is 25.4 Å². The molecule has 0 aromatic heterocycles. The Hall–Kier alpha value is -1.26. The van der Waals surface area contributed by atoms with Gasteiger partial charge in [0.15, 0.2) is 11.5 Å². The molecule has 104 valence electrons. The molecule has 3 aliphatic rings. The third kappa shape index (κ3) is 3.19. The largest absolute Gasteiger partial charge is 0.454 e.